The quantitative estimate of drug-likeness (QED) is 0.378. The van der Waals surface area contributed by atoms with Gasteiger partial charge in [0.25, 0.3) is 0 Å². The molecule has 0 saturated heterocycles. The van der Waals surface area contributed by atoms with E-state index in [0.717, 1.165) is 19.3 Å². The molecule has 0 spiro atoms. The number of aliphatic hydroxyl groups excluding tert-OH is 1. The number of phosphoric acid groups is 1. The Morgan fingerprint density at radius 1 is 1.00 bits per heavy atom. The van der Waals surface area contributed by atoms with E-state index in [0.29, 0.717) is 6.42 Å². The van der Waals surface area contributed by atoms with Gasteiger partial charge in [-0.2, -0.15) is 0 Å². The molecular weight excluding hydrogens is 255 g/mol. The molecule has 1 unspecified atom stereocenters. The Bertz CT molecular complexity index is 229. The average Bonchev–Trinajstić information content (AvgIpc) is 2.29. The summed E-state index contributed by atoms with van der Waals surface area (Å²) in [6, 6.07) is 0. The Kier molecular flexibility index (Phi) is 11.0. The molecule has 0 saturated carbocycles. The van der Waals surface area contributed by atoms with Gasteiger partial charge in [0.1, 0.15) is 0 Å². The van der Waals surface area contributed by atoms with Crippen molar-refractivity contribution in [2.24, 2.45) is 0 Å². The normalized spacial score (nSPS) is 13.8. The monoisotopic (exact) mass is 282 g/mol. The van der Waals surface area contributed by atoms with Crippen LogP contribution in [0.3, 0.4) is 0 Å². The van der Waals surface area contributed by atoms with Crippen LogP contribution in [0.15, 0.2) is 0 Å². The topological polar surface area (TPSA) is 87.0 Å². The Balaban J connectivity index is 3.25. The highest BCUT2D eigenvalue weighted by Gasteiger charge is 2.16. The zero-order valence-electron chi connectivity index (χ0n) is 11.3. The molecule has 1 atom stereocenters. The molecule has 0 aromatic heterocycles. The molecule has 0 fully saturated rings. The Hall–Kier alpha value is 0.0700. The van der Waals surface area contributed by atoms with Crippen molar-refractivity contribution < 1.29 is 24.0 Å². The van der Waals surface area contributed by atoms with E-state index in [1.807, 2.05) is 0 Å². The number of hydrogen-bond acceptors (Lipinski definition) is 3. The minimum absolute atomic E-state index is 0.291. The van der Waals surface area contributed by atoms with E-state index in [-0.39, 0.29) is 6.61 Å². The minimum Gasteiger partial charge on any atom is -0.391 e. The maximum absolute atomic E-state index is 10.4. The van der Waals surface area contributed by atoms with Crippen molar-refractivity contribution in [1.82, 2.24) is 0 Å². The smallest absolute Gasteiger partial charge is 0.391 e. The van der Waals surface area contributed by atoms with Gasteiger partial charge in [0.2, 0.25) is 0 Å². The number of unbranched alkanes of at least 4 members (excludes halogenated alkanes) is 7. The molecule has 0 heterocycles. The summed E-state index contributed by atoms with van der Waals surface area (Å²) >= 11 is 0. The fourth-order valence-corrected chi connectivity index (χ4v) is 2.15. The van der Waals surface area contributed by atoms with E-state index < -0.39 is 13.9 Å². The molecular formula is C12H27O5P. The number of phosphoric ester groups is 1. The van der Waals surface area contributed by atoms with E-state index in [9.17, 15) is 9.67 Å². The van der Waals surface area contributed by atoms with Crippen LogP contribution in [0.25, 0.3) is 0 Å². The summed E-state index contributed by atoms with van der Waals surface area (Å²) in [5, 5.41) is 9.42. The van der Waals surface area contributed by atoms with Crippen molar-refractivity contribution in [3.05, 3.63) is 0 Å². The predicted octanol–water partition coefficient (Wildman–Crippen LogP) is 2.99. The van der Waals surface area contributed by atoms with Gasteiger partial charge >= 0.3 is 7.82 Å². The van der Waals surface area contributed by atoms with E-state index >= 15 is 0 Å². The molecule has 0 aliphatic heterocycles. The summed E-state index contributed by atoms with van der Waals surface area (Å²) in [5.74, 6) is 0. The van der Waals surface area contributed by atoms with Gasteiger partial charge < -0.3 is 14.9 Å². The summed E-state index contributed by atoms with van der Waals surface area (Å²) < 4.78 is 14.6. The summed E-state index contributed by atoms with van der Waals surface area (Å²) in [7, 11) is -4.44. The largest absolute Gasteiger partial charge is 0.469 e. The third kappa shape index (κ3) is 14.1. The van der Waals surface area contributed by atoms with Crippen LogP contribution in [0.5, 0.6) is 0 Å². The molecule has 3 N–H and O–H groups in total. The highest BCUT2D eigenvalue weighted by molar-refractivity contribution is 7.46. The third-order valence-electron chi connectivity index (χ3n) is 2.83. The lowest BCUT2D eigenvalue weighted by atomic mass is 10.1. The minimum atomic E-state index is -4.44. The van der Waals surface area contributed by atoms with Gasteiger partial charge in [0, 0.05) is 0 Å². The van der Waals surface area contributed by atoms with Crippen LogP contribution in [-0.2, 0) is 9.09 Å². The van der Waals surface area contributed by atoms with Gasteiger partial charge in [-0.1, -0.05) is 58.3 Å². The number of rotatable bonds is 12. The maximum atomic E-state index is 10.4. The molecule has 0 aliphatic rings. The van der Waals surface area contributed by atoms with Gasteiger partial charge in [-0.3, -0.25) is 4.52 Å². The van der Waals surface area contributed by atoms with Crippen LogP contribution in [0, 0.1) is 0 Å². The Morgan fingerprint density at radius 2 is 1.50 bits per heavy atom. The van der Waals surface area contributed by atoms with E-state index in [1.165, 1.54) is 32.1 Å². The molecule has 0 radical (unpaired) electrons. The molecule has 0 aromatic carbocycles. The summed E-state index contributed by atoms with van der Waals surface area (Å²) in [4.78, 5) is 16.9. The van der Waals surface area contributed by atoms with Gasteiger partial charge in [-0.05, 0) is 6.42 Å². The molecule has 6 heteroatoms. The van der Waals surface area contributed by atoms with E-state index in [1.54, 1.807) is 0 Å². The van der Waals surface area contributed by atoms with Crippen LogP contribution < -0.4 is 0 Å². The van der Waals surface area contributed by atoms with Crippen molar-refractivity contribution in [1.29, 1.82) is 0 Å². The molecule has 0 bridgehead atoms. The van der Waals surface area contributed by atoms with Crippen molar-refractivity contribution in [3.63, 3.8) is 0 Å². The lowest BCUT2D eigenvalue weighted by Gasteiger charge is -2.11. The van der Waals surface area contributed by atoms with E-state index in [2.05, 4.69) is 11.4 Å². The van der Waals surface area contributed by atoms with Crippen LogP contribution in [-0.4, -0.2) is 27.6 Å². The third-order valence-corrected chi connectivity index (χ3v) is 3.31. The lowest BCUT2D eigenvalue weighted by Crippen LogP contribution is -2.14. The molecule has 18 heavy (non-hydrogen) atoms. The van der Waals surface area contributed by atoms with Crippen molar-refractivity contribution in [3.8, 4) is 0 Å². The fourth-order valence-electron chi connectivity index (χ4n) is 1.78. The predicted molar refractivity (Wildman–Crippen MR) is 71.2 cm³/mol. The molecule has 0 aliphatic carbocycles. The molecule has 0 aromatic rings. The lowest BCUT2D eigenvalue weighted by molar-refractivity contribution is 0.0774. The van der Waals surface area contributed by atoms with Crippen LogP contribution in [0.4, 0.5) is 0 Å². The molecule has 110 valence electrons. The zero-order valence-corrected chi connectivity index (χ0v) is 12.1. The van der Waals surface area contributed by atoms with Gasteiger partial charge in [-0.25, -0.2) is 4.57 Å². The maximum Gasteiger partial charge on any atom is 0.469 e. The summed E-state index contributed by atoms with van der Waals surface area (Å²) in [5.41, 5.74) is 0. The zero-order chi connectivity index (χ0) is 13.9. The van der Waals surface area contributed by atoms with E-state index in [4.69, 9.17) is 9.79 Å². The standard InChI is InChI=1S/C12H27O5P/c1-2-3-4-5-6-7-8-9-10-12(13)11-17-18(14,15)16/h12-13H,2-11H2,1H3,(H2,14,15,16). The van der Waals surface area contributed by atoms with Crippen LogP contribution >= 0.6 is 7.82 Å². The second-order valence-electron chi connectivity index (χ2n) is 4.70. The van der Waals surface area contributed by atoms with Crippen molar-refractivity contribution in [2.45, 2.75) is 70.8 Å². The van der Waals surface area contributed by atoms with Gasteiger partial charge in [-0.15, -0.1) is 0 Å². The highest BCUT2D eigenvalue weighted by Crippen LogP contribution is 2.35. The first kappa shape index (κ1) is 18.1. The highest BCUT2D eigenvalue weighted by atomic mass is 31.2. The Labute approximate surface area is 110 Å². The number of hydrogen-bond donors (Lipinski definition) is 3. The molecule has 0 rings (SSSR count). The number of aliphatic hydroxyl groups is 1. The average molecular weight is 282 g/mol. The first-order chi connectivity index (χ1) is 8.45. The fraction of sp³-hybridized carbons (Fsp3) is 1.00. The van der Waals surface area contributed by atoms with Crippen molar-refractivity contribution >= 4 is 7.82 Å². The first-order valence-electron chi connectivity index (χ1n) is 6.84. The van der Waals surface area contributed by atoms with Crippen molar-refractivity contribution in [2.75, 3.05) is 6.61 Å². The Morgan fingerprint density at radius 3 is 2.00 bits per heavy atom. The molecule has 5 nitrogen and oxygen atoms in total. The molecule has 0 amide bonds. The van der Waals surface area contributed by atoms with Gasteiger partial charge in [0.05, 0.1) is 12.7 Å². The second-order valence-corrected chi connectivity index (χ2v) is 5.94. The SMILES string of the molecule is CCCCCCCCCCC(O)COP(=O)(O)O. The first-order valence-corrected chi connectivity index (χ1v) is 8.37. The summed E-state index contributed by atoms with van der Waals surface area (Å²) in [6.07, 6.45) is 9.22. The van der Waals surface area contributed by atoms with Crippen LogP contribution in [0.1, 0.15) is 64.7 Å². The second kappa shape index (κ2) is 10.9. The van der Waals surface area contributed by atoms with Gasteiger partial charge in [0.15, 0.2) is 0 Å². The van der Waals surface area contributed by atoms with Crippen LogP contribution in [0.2, 0.25) is 0 Å². The summed E-state index contributed by atoms with van der Waals surface area (Å²) in [6.45, 7) is 1.90.